The zero-order valence-electron chi connectivity index (χ0n) is 33.6. The normalized spacial score (nSPS) is 17.0. The minimum Gasteiger partial charge on any atom is -0.454 e. The Morgan fingerprint density at radius 2 is 0.700 bits per heavy atom. The van der Waals surface area contributed by atoms with Crippen LogP contribution in [0.2, 0.25) is 0 Å². The fourth-order valence-corrected chi connectivity index (χ4v) is 8.79. The molecule has 4 heteroatoms. The maximum absolute atomic E-state index is 14.4. The smallest absolute Gasteiger partial charge is 0.338 e. The molecule has 0 fully saturated rings. The Balaban J connectivity index is 1.33. The van der Waals surface area contributed by atoms with Crippen molar-refractivity contribution in [1.29, 1.82) is 0 Å². The van der Waals surface area contributed by atoms with E-state index < -0.39 is 30.1 Å². The zero-order valence-corrected chi connectivity index (χ0v) is 33.6. The van der Waals surface area contributed by atoms with E-state index in [-0.39, 0.29) is 5.92 Å². The van der Waals surface area contributed by atoms with Crippen molar-refractivity contribution in [3.8, 4) is 44.5 Å². The van der Waals surface area contributed by atoms with E-state index in [0.717, 1.165) is 66.8 Å². The van der Waals surface area contributed by atoms with Gasteiger partial charge in [0.1, 0.15) is 6.10 Å². The van der Waals surface area contributed by atoms with Crippen LogP contribution in [0.15, 0.2) is 206 Å². The summed E-state index contributed by atoms with van der Waals surface area (Å²) in [6, 6.07) is 68.9. The number of carbonyl (C=O) groups is 2. The highest BCUT2D eigenvalue weighted by atomic mass is 16.6. The van der Waals surface area contributed by atoms with Gasteiger partial charge in [0, 0.05) is 5.92 Å². The van der Waals surface area contributed by atoms with Gasteiger partial charge >= 0.3 is 11.9 Å². The minimum absolute atomic E-state index is 0.359. The molecule has 0 saturated heterocycles. The van der Waals surface area contributed by atoms with Crippen LogP contribution in [0.1, 0.15) is 61.7 Å². The molecular formula is C56H44O4. The van der Waals surface area contributed by atoms with Crippen molar-refractivity contribution in [2.75, 3.05) is 0 Å². The molecular weight excluding hydrogens is 737 g/mol. The zero-order chi connectivity index (χ0) is 41.0. The van der Waals surface area contributed by atoms with E-state index in [2.05, 4.69) is 135 Å². The van der Waals surface area contributed by atoms with Crippen LogP contribution < -0.4 is 0 Å². The number of fused-ring (bicyclic) bond motifs is 1. The molecule has 0 aliphatic heterocycles. The van der Waals surface area contributed by atoms with Crippen molar-refractivity contribution in [3.05, 3.63) is 240 Å². The quantitative estimate of drug-likeness (QED) is 0.137. The maximum atomic E-state index is 14.4. The van der Waals surface area contributed by atoms with E-state index in [0.29, 0.717) is 11.1 Å². The summed E-state index contributed by atoms with van der Waals surface area (Å²) in [5, 5.41) is 0. The Bertz CT molecular complexity index is 2750. The highest BCUT2D eigenvalue weighted by molar-refractivity contribution is 5.91. The average Bonchev–Trinajstić information content (AvgIpc) is 3.31. The predicted octanol–water partition coefficient (Wildman–Crippen LogP) is 13.4. The second-order valence-corrected chi connectivity index (χ2v) is 15.5. The highest BCUT2D eigenvalue weighted by Crippen LogP contribution is 2.51. The number of carbonyl (C=O) groups excluding carboxylic acids is 2. The van der Waals surface area contributed by atoms with Gasteiger partial charge in [0.2, 0.25) is 0 Å². The molecule has 1 aliphatic carbocycles. The molecule has 8 aromatic rings. The highest BCUT2D eigenvalue weighted by Gasteiger charge is 2.48. The number of aryl methyl sites for hydroxylation is 1. The molecule has 292 valence electrons. The van der Waals surface area contributed by atoms with Crippen molar-refractivity contribution in [2.24, 2.45) is 0 Å². The molecule has 60 heavy (non-hydrogen) atoms. The lowest BCUT2D eigenvalue weighted by Crippen LogP contribution is -2.47. The third-order valence-electron chi connectivity index (χ3n) is 11.8. The Morgan fingerprint density at radius 3 is 1.10 bits per heavy atom. The summed E-state index contributed by atoms with van der Waals surface area (Å²) in [7, 11) is 0. The van der Waals surface area contributed by atoms with Crippen molar-refractivity contribution < 1.29 is 19.1 Å². The summed E-state index contributed by atoms with van der Waals surface area (Å²) in [6.07, 6.45) is -1.74. The number of hydrogen-bond acceptors (Lipinski definition) is 4. The Kier molecular flexibility index (Phi) is 10.8. The first kappa shape index (κ1) is 38.2. The van der Waals surface area contributed by atoms with Crippen LogP contribution in [0.3, 0.4) is 0 Å². The van der Waals surface area contributed by atoms with Crippen molar-refractivity contribution >= 4 is 11.9 Å². The summed E-state index contributed by atoms with van der Waals surface area (Å²) >= 11 is 0. The molecule has 0 spiro atoms. The summed E-state index contributed by atoms with van der Waals surface area (Å²) in [5.41, 5.74) is 13.5. The van der Waals surface area contributed by atoms with Gasteiger partial charge in [-0.3, -0.25) is 0 Å². The van der Waals surface area contributed by atoms with E-state index in [1.165, 1.54) is 0 Å². The van der Waals surface area contributed by atoms with Crippen LogP contribution in [0.25, 0.3) is 44.5 Å². The van der Waals surface area contributed by atoms with E-state index in [9.17, 15) is 9.59 Å². The van der Waals surface area contributed by atoms with Crippen LogP contribution in [-0.2, 0) is 9.47 Å². The van der Waals surface area contributed by atoms with Crippen LogP contribution in [0.4, 0.5) is 0 Å². The number of benzene rings is 8. The van der Waals surface area contributed by atoms with Gasteiger partial charge < -0.3 is 9.47 Å². The van der Waals surface area contributed by atoms with Gasteiger partial charge in [0.15, 0.2) is 6.10 Å². The molecule has 1 aliphatic rings. The number of ether oxygens (including phenoxy) is 2. The van der Waals surface area contributed by atoms with Gasteiger partial charge in [-0.05, 0) is 116 Å². The molecule has 0 radical (unpaired) electrons. The van der Waals surface area contributed by atoms with Gasteiger partial charge in [-0.15, -0.1) is 0 Å². The average molecular weight is 781 g/mol. The number of hydrogen-bond donors (Lipinski definition) is 0. The second-order valence-electron chi connectivity index (χ2n) is 15.5. The number of rotatable bonds is 9. The molecule has 0 heterocycles. The minimum atomic E-state index is -0.899. The molecule has 4 unspecified atom stereocenters. The van der Waals surface area contributed by atoms with Crippen molar-refractivity contribution in [3.63, 3.8) is 0 Å². The first-order valence-corrected chi connectivity index (χ1v) is 20.5. The molecule has 0 saturated carbocycles. The Morgan fingerprint density at radius 1 is 0.383 bits per heavy atom. The molecule has 0 N–H and O–H groups in total. The molecule has 0 aromatic heterocycles. The second kappa shape index (κ2) is 16.9. The van der Waals surface area contributed by atoms with Crippen LogP contribution in [0, 0.1) is 6.92 Å². The van der Waals surface area contributed by atoms with Crippen molar-refractivity contribution in [2.45, 2.75) is 37.9 Å². The van der Waals surface area contributed by atoms with Crippen molar-refractivity contribution in [1.82, 2.24) is 0 Å². The maximum Gasteiger partial charge on any atom is 0.338 e. The monoisotopic (exact) mass is 780 g/mol. The van der Waals surface area contributed by atoms with E-state index in [4.69, 9.17) is 9.47 Å². The third kappa shape index (κ3) is 7.56. The molecule has 8 aromatic carbocycles. The third-order valence-corrected chi connectivity index (χ3v) is 11.8. The Labute approximate surface area is 351 Å². The largest absolute Gasteiger partial charge is 0.454 e. The number of esters is 2. The molecule has 4 atom stereocenters. The van der Waals surface area contributed by atoms with Gasteiger partial charge in [-0.25, -0.2) is 9.59 Å². The first-order valence-electron chi connectivity index (χ1n) is 20.5. The molecule has 0 amide bonds. The van der Waals surface area contributed by atoms with Crippen LogP contribution in [-0.4, -0.2) is 24.1 Å². The summed E-state index contributed by atoms with van der Waals surface area (Å²) in [5.74, 6) is -1.84. The van der Waals surface area contributed by atoms with E-state index in [1.807, 2.05) is 60.7 Å². The summed E-state index contributed by atoms with van der Waals surface area (Å²) in [6.45, 7) is 4.21. The van der Waals surface area contributed by atoms with Crippen LogP contribution >= 0.6 is 0 Å². The van der Waals surface area contributed by atoms with Gasteiger partial charge in [0.25, 0.3) is 0 Å². The van der Waals surface area contributed by atoms with Gasteiger partial charge in [-0.2, -0.15) is 0 Å². The lowest BCUT2D eigenvalue weighted by Gasteiger charge is -2.43. The fourth-order valence-electron chi connectivity index (χ4n) is 8.79. The molecule has 9 rings (SSSR count). The topological polar surface area (TPSA) is 52.6 Å². The van der Waals surface area contributed by atoms with E-state index in [1.54, 1.807) is 24.3 Å². The molecule has 4 nitrogen and oxygen atoms in total. The van der Waals surface area contributed by atoms with Gasteiger partial charge in [-0.1, -0.05) is 171 Å². The van der Waals surface area contributed by atoms with Crippen LogP contribution in [0.5, 0.6) is 0 Å². The van der Waals surface area contributed by atoms with Gasteiger partial charge in [0.05, 0.1) is 17.0 Å². The molecule has 0 bridgehead atoms. The Hall–Kier alpha value is -7.30. The fraction of sp³-hybridized carbons (Fsp3) is 0.107. The standard InChI is InChI=1S/C56H44O4/c1-37-33-47(39-21-9-3-10-22-39)48(40-23-11-4-12-24-40)34-45(37)52-51-36-50(42-27-15-6-16-28-42)49(41-25-13-5-14-26-41)35-46(51)38(2)53(59-55(57)43-29-17-7-18-30-43)54(52)60-56(58)44-31-19-8-20-32-44/h3-36,38,52-54H,1-2H3. The summed E-state index contributed by atoms with van der Waals surface area (Å²) < 4.78 is 13.4. The lowest BCUT2D eigenvalue weighted by atomic mass is 9.68. The lowest BCUT2D eigenvalue weighted by molar-refractivity contribution is -0.0532. The predicted molar refractivity (Wildman–Crippen MR) is 241 cm³/mol. The van der Waals surface area contributed by atoms with E-state index >= 15 is 0 Å². The SMILES string of the molecule is Cc1cc(-c2ccccc2)c(-c2ccccc2)cc1C1c2cc(-c3ccccc3)c(-c3ccccc3)cc2C(C)C(OC(=O)c2ccccc2)C1OC(=O)c1ccccc1. The first-order chi connectivity index (χ1) is 29.4. The summed E-state index contributed by atoms with van der Waals surface area (Å²) in [4.78, 5) is 28.6.